The molecule has 0 unspecified atom stereocenters. The Balaban J connectivity index is 1.97. The fourth-order valence-electron chi connectivity index (χ4n) is 1.69. The molecule has 1 aromatic rings. The van der Waals surface area contributed by atoms with Crippen LogP contribution < -0.4 is 10.2 Å². The van der Waals surface area contributed by atoms with Crippen LogP contribution in [-0.2, 0) is 11.4 Å². The molecule has 1 amide bonds. The molecule has 0 aromatic carbocycles. The van der Waals surface area contributed by atoms with Crippen molar-refractivity contribution in [3.63, 3.8) is 0 Å². The Morgan fingerprint density at radius 2 is 2.41 bits per heavy atom. The van der Waals surface area contributed by atoms with Crippen molar-refractivity contribution in [2.24, 2.45) is 0 Å². The predicted molar refractivity (Wildman–Crippen MR) is 64.6 cm³/mol. The summed E-state index contributed by atoms with van der Waals surface area (Å²) < 4.78 is 0. The van der Waals surface area contributed by atoms with Crippen LogP contribution in [0.4, 0.5) is 5.82 Å². The third-order valence-electron chi connectivity index (χ3n) is 2.72. The second-order valence-electron chi connectivity index (χ2n) is 4.34. The molecule has 5 heteroatoms. The van der Waals surface area contributed by atoms with Gasteiger partial charge in [-0.05, 0) is 18.9 Å². The first-order valence-corrected chi connectivity index (χ1v) is 5.76. The number of aliphatic hydroxyl groups excluding tert-OH is 1. The van der Waals surface area contributed by atoms with Gasteiger partial charge in [0.2, 0.25) is 5.91 Å². The summed E-state index contributed by atoms with van der Waals surface area (Å²) in [5.74, 6) is 0.658. The Morgan fingerprint density at radius 1 is 1.65 bits per heavy atom. The fraction of sp³-hybridized carbons (Fsp3) is 0.500. The second-order valence-corrected chi connectivity index (χ2v) is 4.34. The molecular formula is C12H17N3O2. The van der Waals surface area contributed by atoms with Crippen LogP contribution in [-0.4, -0.2) is 35.6 Å². The van der Waals surface area contributed by atoms with Crippen LogP contribution in [0.5, 0.6) is 0 Å². The van der Waals surface area contributed by atoms with E-state index in [1.54, 1.807) is 30.3 Å². The first kappa shape index (κ1) is 11.9. The number of hydrogen-bond acceptors (Lipinski definition) is 4. The number of rotatable bonds is 5. The lowest BCUT2D eigenvalue weighted by molar-refractivity contribution is -0.119. The van der Waals surface area contributed by atoms with E-state index in [0.717, 1.165) is 18.4 Å². The molecule has 92 valence electrons. The van der Waals surface area contributed by atoms with Crippen LogP contribution in [0.3, 0.4) is 0 Å². The number of nitrogens with one attached hydrogen (secondary N) is 1. The number of aromatic nitrogens is 1. The van der Waals surface area contributed by atoms with Gasteiger partial charge in [0, 0.05) is 24.8 Å². The van der Waals surface area contributed by atoms with Crippen molar-refractivity contribution in [1.82, 2.24) is 10.3 Å². The van der Waals surface area contributed by atoms with Gasteiger partial charge in [-0.2, -0.15) is 0 Å². The molecule has 0 atom stereocenters. The number of likely N-dealkylation sites (N-methyl/N-ethyl adjacent to an activating group) is 1. The molecule has 0 aliphatic heterocycles. The van der Waals surface area contributed by atoms with E-state index in [1.165, 1.54) is 0 Å². The predicted octanol–water partition coefficient (Wildman–Crippen LogP) is 0.289. The van der Waals surface area contributed by atoms with Gasteiger partial charge < -0.3 is 15.3 Å². The minimum atomic E-state index is -0.0717. The Morgan fingerprint density at radius 3 is 3.06 bits per heavy atom. The van der Waals surface area contributed by atoms with E-state index in [1.807, 2.05) is 0 Å². The number of carbonyl (C=O) groups is 1. The van der Waals surface area contributed by atoms with Gasteiger partial charge in [0.1, 0.15) is 5.82 Å². The molecule has 1 heterocycles. The highest BCUT2D eigenvalue weighted by Crippen LogP contribution is 2.19. The molecule has 1 fully saturated rings. The van der Waals surface area contributed by atoms with Crippen LogP contribution in [0.15, 0.2) is 18.3 Å². The van der Waals surface area contributed by atoms with Crippen LogP contribution in [0.2, 0.25) is 0 Å². The molecule has 1 aromatic heterocycles. The summed E-state index contributed by atoms with van der Waals surface area (Å²) in [6, 6.07) is 3.95. The van der Waals surface area contributed by atoms with Crippen molar-refractivity contribution in [3.05, 3.63) is 23.9 Å². The standard InChI is InChI=1S/C12H17N3O2/c1-15(7-11(17)14-10-4-5-10)12-9(8-16)3-2-6-13-12/h2-3,6,10,16H,4-5,7-8H2,1H3,(H,14,17). The molecule has 0 saturated heterocycles. The zero-order valence-corrected chi connectivity index (χ0v) is 9.89. The number of aliphatic hydroxyl groups is 1. The highest BCUT2D eigenvalue weighted by molar-refractivity contribution is 5.81. The largest absolute Gasteiger partial charge is 0.392 e. The number of hydrogen-bond donors (Lipinski definition) is 2. The Hall–Kier alpha value is -1.62. The van der Waals surface area contributed by atoms with E-state index in [9.17, 15) is 9.90 Å². The fourth-order valence-corrected chi connectivity index (χ4v) is 1.69. The number of pyridine rings is 1. The Kier molecular flexibility index (Phi) is 3.58. The lowest BCUT2D eigenvalue weighted by Gasteiger charge is -2.19. The summed E-state index contributed by atoms with van der Waals surface area (Å²) in [4.78, 5) is 17.6. The van der Waals surface area contributed by atoms with Crippen molar-refractivity contribution in [2.75, 3.05) is 18.5 Å². The highest BCUT2D eigenvalue weighted by Gasteiger charge is 2.23. The average molecular weight is 235 g/mol. The number of amides is 1. The average Bonchev–Trinajstić information content (AvgIpc) is 3.12. The number of carbonyl (C=O) groups excluding carboxylic acids is 1. The maximum absolute atomic E-state index is 11.6. The van der Waals surface area contributed by atoms with E-state index in [-0.39, 0.29) is 19.1 Å². The molecule has 0 bridgehead atoms. The molecule has 0 radical (unpaired) electrons. The first-order valence-electron chi connectivity index (χ1n) is 5.76. The van der Waals surface area contributed by atoms with E-state index in [4.69, 9.17) is 0 Å². The summed E-state index contributed by atoms with van der Waals surface area (Å²) in [6.45, 7) is 0.193. The third-order valence-corrected chi connectivity index (χ3v) is 2.72. The normalized spacial score (nSPS) is 14.5. The molecule has 0 spiro atoms. The summed E-state index contributed by atoms with van der Waals surface area (Å²) in [5, 5.41) is 12.1. The monoisotopic (exact) mass is 235 g/mol. The number of nitrogens with zero attached hydrogens (tertiary/aromatic N) is 2. The van der Waals surface area contributed by atoms with Crippen LogP contribution in [0.1, 0.15) is 18.4 Å². The van der Waals surface area contributed by atoms with E-state index in [0.29, 0.717) is 11.9 Å². The van der Waals surface area contributed by atoms with Gasteiger partial charge in [-0.25, -0.2) is 4.98 Å². The maximum Gasteiger partial charge on any atom is 0.239 e. The number of anilines is 1. The van der Waals surface area contributed by atoms with E-state index >= 15 is 0 Å². The summed E-state index contributed by atoms with van der Waals surface area (Å²) in [6.07, 6.45) is 3.83. The van der Waals surface area contributed by atoms with Gasteiger partial charge >= 0.3 is 0 Å². The van der Waals surface area contributed by atoms with Crippen LogP contribution in [0, 0.1) is 0 Å². The minimum absolute atomic E-state index is 0.00421. The smallest absolute Gasteiger partial charge is 0.239 e. The topological polar surface area (TPSA) is 65.5 Å². The minimum Gasteiger partial charge on any atom is -0.392 e. The lowest BCUT2D eigenvalue weighted by atomic mass is 10.2. The van der Waals surface area contributed by atoms with Gasteiger partial charge in [-0.3, -0.25) is 4.79 Å². The molecule has 1 saturated carbocycles. The molecule has 17 heavy (non-hydrogen) atoms. The molecular weight excluding hydrogens is 218 g/mol. The quantitative estimate of drug-likeness (QED) is 0.770. The second kappa shape index (κ2) is 5.14. The molecule has 2 rings (SSSR count). The van der Waals surface area contributed by atoms with Crippen LogP contribution >= 0.6 is 0 Å². The van der Waals surface area contributed by atoms with Gasteiger partial charge in [-0.1, -0.05) is 6.07 Å². The SMILES string of the molecule is CN(CC(=O)NC1CC1)c1ncccc1CO. The van der Waals surface area contributed by atoms with Gasteiger partial charge in [0.05, 0.1) is 13.2 Å². The Bertz CT molecular complexity index is 404. The van der Waals surface area contributed by atoms with E-state index < -0.39 is 0 Å². The zero-order chi connectivity index (χ0) is 12.3. The molecule has 1 aliphatic rings. The highest BCUT2D eigenvalue weighted by atomic mass is 16.3. The van der Waals surface area contributed by atoms with Gasteiger partial charge in [0.25, 0.3) is 0 Å². The lowest BCUT2D eigenvalue weighted by Crippen LogP contribution is -2.36. The molecule has 2 N–H and O–H groups in total. The first-order chi connectivity index (χ1) is 8.20. The van der Waals surface area contributed by atoms with Gasteiger partial charge in [-0.15, -0.1) is 0 Å². The molecule has 5 nitrogen and oxygen atoms in total. The zero-order valence-electron chi connectivity index (χ0n) is 9.89. The van der Waals surface area contributed by atoms with Crippen molar-refractivity contribution in [2.45, 2.75) is 25.5 Å². The summed E-state index contributed by atoms with van der Waals surface area (Å²) in [7, 11) is 1.80. The third kappa shape index (κ3) is 3.17. The maximum atomic E-state index is 11.6. The van der Waals surface area contributed by atoms with Crippen molar-refractivity contribution < 1.29 is 9.90 Å². The van der Waals surface area contributed by atoms with E-state index in [2.05, 4.69) is 10.3 Å². The Labute approximate surface area is 100 Å². The summed E-state index contributed by atoms with van der Waals surface area (Å²) >= 11 is 0. The van der Waals surface area contributed by atoms with Crippen molar-refractivity contribution in [1.29, 1.82) is 0 Å². The van der Waals surface area contributed by atoms with Crippen molar-refractivity contribution >= 4 is 11.7 Å². The summed E-state index contributed by atoms with van der Waals surface area (Å²) in [5.41, 5.74) is 0.731. The molecule has 1 aliphatic carbocycles. The van der Waals surface area contributed by atoms with Gasteiger partial charge in [0.15, 0.2) is 0 Å². The van der Waals surface area contributed by atoms with Crippen molar-refractivity contribution in [3.8, 4) is 0 Å². The van der Waals surface area contributed by atoms with Crippen LogP contribution in [0.25, 0.3) is 0 Å².